The summed E-state index contributed by atoms with van der Waals surface area (Å²) in [5, 5.41) is 0. The summed E-state index contributed by atoms with van der Waals surface area (Å²) in [6.45, 7) is 16.0. The fraction of sp³-hybridized carbons (Fsp3) is 1.00. The Balaban J connectivity index is 2.19. The molecule has 0 saturated carbocycles. The molecule has 1 aliphatic heterocycles. The topological polar surface area (TPSA) is 15.7 Å². The zero-order valence-electron chi connectivity index (χ0n) is 12.7. The highest BCUT2D eigenvalue weighted by molar-refractivity contribution is 4.66. The van der Waals surface area contributed by atoms with Crippen molar-refractivity contribution in [1.82, 2.24) is 9.80 Å². The maximum absolute atomic E-state index is 5.39. The largest absolute Gasteiger partial charge is 0.379 e. The first-order valence-corrected chi connectivity index (χ1v) is 7.78. The molecule has 3 heteroatoms. The van der Waals surface area contributed by atoms with Gasteiger partial charge >= 0.3 is 0 Å². The zero-order chi connectivity index (χ0) is 13.2. The van der Waals surface area contributed by atoms with Gasteiger partial charge in [0.05, 0.1) is 13.2 Å². The molecule has 0 amide bonds. The first kappa shape index (κ1) is 15.9. The van der Waals surface area contributed by atoms with Crippen molar-refractivity contribution >= 4 is 0 Å². The van der Waals surface area contributed by atoms with Crippen molar-refractivity contribution in [1.29, 1.82) is 0 Å². The van der Waals surface area contributed by atoms with Crippen molar-refractivity contribution in [2.75, 3.05) is 52.5 Å². The van der Waals surface area contributed by atoms with Crippen molar-refractivity contribution < 1.29 is 4.74 Å². The lowest BCUT2D eigenvalue weighted by atomic mass is 10.1. The van der Waals surface area contributed by atoms with Gasteiger partial charge in [-0.3, -0.25) is 4.90 Å². The predicted octanol–water partition coefficient (Wildman–Crippen LogP) is 2.47. The van der Waals surface area contributed by atoms with Gasteiger partial charge in [-0.25, -0.2) is 0 Å². The van der Waals surface area contributed by atoms with Crippen LogP contribution in [0.1, 0.15) is 40.0 Å². The molecule has 1 fully saturated rings. The summed E-state index contributed by atoms with van der Waals surface area (Å²) in [7, 11) is 0. The molecule has 0 aromatic heterocycles. The van der Waals surface area contributed by atoms with Gasteiger partial charge in [0.15, 0.2) is 0 Å². The summed E-state index contributed by atoms with van der Waals surface area (Å²) in [5.74, 6) is 0.868. The van der Waals surface area contributed by atoms with Crippen molar-refractivity contribution in [2.24, 2.45) is 5.92 Å². The maximum Gasteiger partial charge on any atom is 0.0594 e. The molecule has 0 aromatic carbocycles. The van der Waals surface area contributed by atoms with E-state index in [9.17, 15) is 0 Å². The summed E-state index contributed by atoms with van der Waals surface area (Å²) >= 11 is 0. The predicted molar refractivity (Wildman–Crippen MR) is 78.1 cm³/mol. The second kappa shape index (κ2) is 9.76. The van der Waals surface area contributed by atoms with Gasteiger partial charge in [-0.2, -0.15) is 0 Å². The second-order valence-electron chi connectivity index (χ2n) is 5.60. The Hall–Kier alpha value is -0.120. The van der Waals surface area contributed by atoms with Gasteiger partial charge in [-0.1, -0.05) is 27.2 Å². The van der Waals surface area contributed by atoms with E-state index in [2.05, 4.69) is 30.6 Å². The van der Waals surface area contributed by atoms with Gasteiger partial charge in [0.2, 0.25) is 0 Å². The van der Waals surface area contributed by atoms with Crippen LogP contribution in [0, 0.1) is 5.92 Å². The molecule has 0 radical (unpaired) electrons. The van der Waals surface area contributed by atoms with Gasteiger partial charge < -0.3 is 9.64 Å². The highest BCUT2D eigenvalue weighted by Crippen LogP contribution is 2.08. The van der Waals surface area contributed by atoms with Crippen LogP contribution >= 0.6 is 0 Å². The van der Waals surface area contributed by atoms with Crippen LogP contribution in [0.3, 0.4) is 0 Å². The third-order valence-corrected chi connectivity index (χ3v) is 4.01. The quantitative estimate of drug-likeness (QED) is 0.630. The molecule has 0 bridgehead atoms. The van der Waals surface area contributed by atoms with Crippen molar-refractivity contribution in [3.05, 3.63) is 0 Å². The van der Waals surface area contributed by atoms with Crippen LogP contribution in [0.5, 0.6) is 0 Å². The minimum atomic E-state index is 0.868. The van der Waals surface area contributed by atoms with E-state index in [0.717, 1.165) is 32.2 Å². The van der Waals surface area contributed by atoms with Gasteiger partial charge in [0.1, 0.15) is 0 Å². The molecule has 1 unspecified atom stereocenters. The van der Waals surface area contributed by atoms with Crippen molar-refractivity contribution in [3.63, 3.8) is 0 Å². The lowest BCUT2D eigenvalue weighted by molar-refractivity contribution is 0.0331. The Labute approximate surface area is 113 Å². The molecule has 0 aliphatic carbocycles. The van der Waals surface area contributed by atoms with E-state index in [1.807, 2.05) is 0 Å². The molecular weight excluding hydrogens is 224 g/mol. The fourth-order valence-electron chi connectivity index (χ4n) is 2.37. The third kappa shape index (κ3) is 6.72. The first-order valence-electron chi connectivity index (χ1n) is 7.78. The van der Waals surface area contributed by atoms with Crippen LogP contribution in [-0.2, 0) is 4.74 Å². The molecule has 0 N–H and O–H groups in total. The highest BCUT2D eigenvalue weighted by atomic mass is 16.5. The summed E-state index contributed by atoms with van der Waals surface area (Å²) in [5.41, 5.74) is 0. The van der Waals surface area contributed by atoms with E-state index in [1.165, 1.54) is 45.4 Å². The Kier molecular flexibility index (Phi) is 8.64. The van der Waals surface area contributed by atoms with Crippen LogP contribution in [-0.4, -0.2) is 62.3 Å². The lowest BCUT2D eigenvalue weighted by Crippen LogP contribution is -2.42. The summed E-state index contributed by atoms with van der Waals surface area (Å²) in [6.07, 6.45) is 3.92. The van der Waals surface area contributed by atoms with E-state index in [0.29, 0.717) is 0 Å². The third-order valence-electron chi connectivity index (χ3n) is 4.01. The van der Waals surface area contributed by atoms with Crippen LogP contribution < -0.4 is 0 Å². The normalized spacial score (nSPS) is 19.3. The molecule has 1 saturated heterocycles. The van der Waals surface area contributed by atoms with Crippen molar-refractivity contribution in [3.8, 4) is 0 Å². The molecule has 1 aliphatic rings. The standard InChI is InChI=1S/C15H32N2O/c1-4-7-16(8-6-15(3)5-2)9-10-17-11-13-18-14-12-17/h15H,4-14H2,1-3H3. The first-order chi connectivity index (χ1) is 8.76. The molecule has 1 atom stereocenters. The van der Waals surface area contributed by atoms with E-state index >= 15 is 0 Å². The van der Waals surface area contributed by atoms with Gasteiger partial charge in [0, 0.05) is 26.2 Å². The zero-order valence-corrected chi connectivity index (χ0v) is 12.7. The summed E-state index contributed by atoms with van der Waals surface area (Å²) in [4.78, 5) is 5.18. The molecular formula is C15H32N2O. The number of rotatable bonds is 9. The maximum atomic E-state index is 5.39. The van der Waals surface area contributed by atoms with Crippen LogP contribution in [0.4, 0.5) is 0 Å². The Morgan fingerprint density at radius 3 is 2.44 bits per heavy atom. The molecule has 1 heterocycles. The van der Waals surface area contributed by atoms with E-state index in [1.54, 1.807) is 0 Å². The average Bonchev–Trinajstić information content (AvgIpc) is 2.42. The summed E-state index contributed by atoms with van der Waals surface area (Å²) in [6, 6.07) is 0. The second-order valence-corrected chi connectivity index (χ2v) is 5.60. The fourth-order valence-corrected chi connectivity index (χ4v) is 2.37. The Morgan fingerprint density at radius 2 is 1.83 bits per heavy atom. The number of hydrogen-bond acceptors (Lipinski definition) is 3. The minimum Gasteiger partial charge on any atom is -0.379 e. The smallest absolute Gasteiger partial charge is 0.0594 e. The van der Waals surface area contributed by atoms with Gasteiger partial charge in [-0.05, 0) is 31.8 Å². The average molecular weight is 256 g/mol. The molecule has 1 rings (SSSR count). The molecule has 3 nitrogen and oxygen atoms in total. The number of nitrogens with zero attached hydrogens (tertiary/aromatic N) is 2. The number of morpholine rings is 1. The van der Waals surface area contributed by atoms with Gasteiger partial charge in [-0.15, -0.1) is 0 Å². The van der Waals surface area contributed by atoms with Gasteiger partial charge in [0.25, 0.3) is 0 Å². The lowest BCUT2D eigenvalue weighted by Gasteiger charge is -2.30. The number of ether oxygens (including phenoxy) is 1. The number of hydrogen-bond donors (Lipinski definition) is 0. The van der Waals surface area contributed by atoms with E-state index in [-0.39, 0.29) is 0 Å². The van der Waals surface area contributed by atoms with Crippen LogP contribution in [0.25, 0.3) is 0 Å². The monoisotopic (exact) mass is 256 g/mol. The highest BCUT2D eigenvalue weighted by Gasteiger charge is 2.12. The Morgan fingerprint density at radius 1 is 1.11 bits per heavy atom. The molecule has 18 heavy (non-hydrogen) atoms. The van der Waals surface area contributed by atoms with E-state index < -0.39 is 0 Å². The Bertz CT molecular complexity index is 193. The van der Waals surface area contributed by atoms with E-state index in [4.69, 9.17) is 4.74 Å². The minimum absolute atomic E-state index is 0.868. The van der Waals surface area contributed by atoms with Crippen molar-refractivity contribution in [2.45, 2.75) is 40.0 Å². The molecule has 0 aromatic rings. The molecule has 0 spiro atoms. The molecule has 108 valence electrons. The summed E-state index contributed by atoms with van der Waals surface area (Å²) < 4.78 is 5.39. The van der Waals surface area contributed by atoms with Crippen LogP contribution in [0.2, 0.25) is 0 Å². The van der Waals surface area contributed by atoms with Crippen LogP contribution in [0.15, 0.2) is 0 Å². The SMILES string of the molecule is CCCN(CCC(C)CC)CCN1CCOCC1.